The van der Waals surface area contributed by atoms with Crippen molar-refractivity contribution in [3.63, 3.8) is 0 Å². The molecule has 16 heavy (non-hydrogen) atoms. The summed E-state index contributed by atoms with van der Waals surface area (Å²) in [4.78, 5) is 6.98. The average Bonchev–Trinajstić information content (AvgIpc) is 2.70. The monoisotopic (exact) mass is 219 g/mol. The van der Waals surface area contributed by atoms with Crippen LogP contribution in [-0.2, 0) is 6.54 Å². The fourth-order valence-electron chi connectivity index (χ4n) is 2.58. The number of anilines is 1. The Morgan fingerprint density at radius 2 is 2.25 bits per heavy atom. The largest absolute Gasteiger partial charge is 0.351 e. The van der Waals surface area contributed by atoms with E-state index in [0.717, 1.165) is 11.4 Å². The number of nitrogens with two attached hydrogens (primary N) is 1. The summed E-state index contributed by atoms with van der Waals surface area (Å²) in [5.74, 6) is 1.11. The number of rotatable bonds is 3. The van der Waals surface area contributed by atoms with Crippen LogP contribution in [0, 0.1) is 0 Å². The molecule has 1 fully saturated rings. The van der Waals surface area contributed by atoms with Crippen LogP contribution in [0.2, 0.25) is 0 Å². The van der Waals surface area contributed by atoms with Crippen molar-refractivity contribution in [1.29, 1.82) is 0 Å². The maximum absolute atomic E-state index is 5.58. The van der Waals surface area contributed by atoms with Gasteiger partial charge in [0.2, 0.25) is 0 Å². The predicted octanol–water partition coefficient (Wildman–Crippen LogP) is 2.31. The van der Waals surface area contributed by atoms with E-state index in [1.165, 1.54) is 19.3 Å². The summed E-state index contributed by atoms with van der Waals surface area (Å²) in [7, 11) is 0. The van der Waals surface area contributed by atoms with E-state index in [1.54, 1.807) is 0 Å². The molecule has 0 aromatic carbocycles. The topological polar surface area (TPSA) is 42.1 Å². The lowest BCUT2D eigenvalue weighted by Gasteiger charge is -2.29. The molecule has 1 saturated heterocycles. The highest BCUT2D eigenvalue weighted by Crippen LogP contribution is 2.30. The quantitative estimate of drug-likeness (QED) is 0.848. The Morgan fingerprint density at radius 3 is 2.81 bits per heavy atom. The molecule has 2 unspecified atom stereocenters. The second-order valence-corrected chi connectivity index (χ2v) is 4.62. The van der Waals surface area contributed by atoms with Gasteiger partial charge in [-0.05, 0) is 37.8 Å². The van der Waals surface area contributed by atoms with Crippen molar-refractivity contribution < 1.29 is 0 Å². The van der Waals surface area contributed by atoms with Gasteiger partial charge in [0.1, 0.15) is 5.82 Å². The third-order valence-electron chi connectivity index (χ3n) is 3.57. The van der Waals surface area contributed by atoms with Crippen molar-refractivity contribution in [3.05, 3.63) is 23.9 Å². The fraction of sp³-hybridized carbons (Fsp3) is 0.615. The molecular weight excluding hydrogens is 198 g/mol. The van der Waals surface area contributed by atoms with Crippen molar-refractivity contribution in [2.75, 3.05) is 4.90 Å². The van der Waals surface area contributed by atoms with Gasteiger partial charge in [0.25, 0.3) is 0 Å². The molecule has 0 saturated carbocycles. The molecule has 3 nitrogen and oxygen atoms in total. The van der Waals surface area contributed by atoms with Crippen molar-refractivity contribution in [3.8, 4) is 0 Å². The van der Waals surface area contributed by atoms with E-state index >= 15 is 0 Å². The molecule has 0 bridgehead atoms. The minimum absolute atomic E-state index is 0.569. The molecule has 0 aliphatic carbocycles. The Labute approximate surface area is 97.7 Å². The van der Waals surface area contributed by atoms with E-state index in [4.69, 9.17) is 5.73 Å². The van der Waals surface area contributed by atoms with Gasteiger partial charge < -0.3 is 10.6 Å². The van der Waals surface area contributed by atoms with Crippen LogP contribution in [0.25, 0.3) is 0 Å². The van der Waals surface area contributed by atoms with Crippen LogP contribution in [0.1, 0.15) is 38.7 Å². The van der Waals surface area contributed by atoms with E-state index in [2.05, 4.69) is 35.9 Å². The lowest BCUT2D eigenvalue weighted by Crippen LogP contribution is -2.34. The van der Waals surface area contributed by atoms with Crippen LogP contribution in [0.4, 0.5) is 5.82 Å². The normalized spacial score (nSPS) is 25.1. The molecule has 3 heteroatoms. The predicted molar refractivity (Wildman–Crippen MR) is 67.4 cm³/mol. The number of aromatic nitrogens is 1. The first-order valence-corrected chi connectivity index (χ1v) is 6.19. The first-order chi connectivity index (χ1) is 7.76. The van der Waals surface area contributed by atoms with Crippen LogP contribution in [0.5, 0.6) is 0 Å². The van der Waals surface area contributed by atoms with Crippen LogP contribution in [0.15, 0.2) is 18.3 Å². The van der Waals surface area contributed by atoms with Gasteiger partial charge >= 0.3 is 0 Å². The summed E-state index contributed by atoms with van der Waals surface area (Å²) in [6, 6.07) is 5.46. The van der Waals surface area contributed by atoms with E-state index in [9.17, 15) is 0 Å². The maximum Gasteiger partial charge on any atom is 0.128 e. The van der Waals surface area contributed by atoms with E-state index in [-0.39, 0.29) is 0 Å². The lowest BCUT2D eigenvalue weighted by atomic mass is 10.1. The fourth-order valence-corrected chi connectivity index (χ4v) is 2.58. The smallest absolute Gasteiger partial charge is 0.128 e. The minimum atomic E-state index is 0.569. The summed E-state index contributed by atoms with van der Waals surface area (Å²) in [6.45, 7) is 5.11. The molecule has 0 spiro atoms. The van der Waals surface area contributed by atoms with Gasteiger partial charge in [-0.25, -0.2) is 4.98 Å². The summed E-state index contributed by atoms with van der Waals surface area (Å²) >= 11 is 0. The third-order valence-corrected chi connectivity index (χ3v) is 3.57. The number of pyridine rings is 1. The Bertz CT molecular complexity index is 334. The molecule has 1 aliphatic heterocycles. The highest BCUT2D eigenvalue weighted by molar-refractivity contribution is 5.43. The Kier molecular flexibility index (Phi) is 3.44. The lowest BCUT2D eigenvalue weighted by molar-refractivity contribution is 0.621. The molecule has 1 aromatic rings. The van der Waals surface area contributed by atoms with Crippen molar-refractivity contribution in [1.82, 2.24) is 4.98 Å². The summed E-state index contributed by atoms with van der Waals surface area (Å²) < 4.78 is 0. The van der Waals surface area contributed by atoms with Gasteiger partial charge in [0, 0.05) is 24.8 Å². The van der Waals surface area contributed by atoms with Crippen molar-refractivity contribution in [2.24, 2.45) is 5.73 Å². The van der Waals surface area contributed by atoms with Gasteiger partial charge in [-0.3, -0.25) is 0 Å². The second kappa shape index (κ2) is 4.83. The highest BCUT2D eigenvalue weighted by Gasteiger charge is 2.29. The summed E-state index contributed by atoms with van der Waals surface area (Å²) in [6.07, 6.45) is 5.66. The maximum atomic E-state index is 5.58. The zero-order valence-electron chi connectivity index (χ0n) is 10.2. The van der Waals surface area contributed by atoms with Crippen LogP contribution < -0.4 is 10.6 Å². The van der Waals surface area contributed by atoms with Crippen LogP contribution in [0.3, 0.4) is 0 Å². The molecule has 2 rings (SSSR count). The van der Waals surface area contributed by atoms with Gasteiger partial charge in [-0.15, -0.1) is 0 Å². The van der Waals surface area contributed by atoms with Gasteiger partial charge in [-0.1, -0.05) is 13.0 Å². The van der Waals surface area contributed by atoms with Crippen LogP contribution in [-0.4, -0.2) is 17.1 Å². The molecule has 2 atom stereocenters. The first-order valence-electron chi connectivity index (χ1n) is 6.19. The number of hydrogen-bond acceptors (Lipinski definition) is 3. The highest BCUT2D eigenvalue weighted by atomic mass is 15.2. The molecule has 2 heterocycles. The SMILES string of the molecule is CCC1CCC(C)N1c1ccc(CN)cn1. The minimum Gasteiger partial charge on any atom is -0.351 e. The first kappa shape index (κ1) is 11.4. The summed E-state index contributed by atoms with van der Waals surface area (Å²) in [5, 5.41) is 0. The van der Waals surface area contributed by atoms with E-state index in [0.29, 0.717) is 18.6 Å². The zero-order valence-corrected chi connectivity index (χ0v) is 10.2. The van der Waals surface area contributed by atoms with Gasteiger partial charge in [0.15, 0.2) is 0 Å². The zero-order chi connectivity index (χ0) is 11.5. The van der Waals surface area contributed by atoms with Gasteiger partial charge in [0.05, 0.1) is 0 Å². The van der Waals surface area contributed by atoms with E-state index in [1.807, 2.05) is 6.20 Å². The average molecular weight is 219 g/mol. The Morgan fingerprint density at radius 1 is 1.44 bits per heavy atom. The molecule has 2 N–H and O–H groups in total. The molecule has 0 radical (unpaired) electrons. The van der Waals surface area contributed by atoms with Crippen LogP contribution >= 0.6 is 0 Å². The second-order valence-electron chi connectivity index (χ2n) is 4.62. The molecule has 1 aliphatic rings. The molecular formula is C13H21N3. The Balaban J connectivity index is 2.21. The molecule has 0 amide bonds. The van der Waals surface area contributed by atoms with Crippen molar-refractivity contribution in [2.45, 2.75) is 51.7 Å². The standard InChI is InChI=1S/C13H21N3/c1-3-12-6-4-10(2)16(12)13-7-5-11(8-14)9-15-13/h5,7,9-10,12H,3-4,6,8,14H2,1-2H3. The molecule has 88 valence electrons. The van der Waals surface area contributed by atoms with Crippen molar-refractivity contribution >= 4 is 5.82 Å². The summed E-state index contributed by atoms with van der Waals surface area (Å²) in [5.41, 5.74) is 6.68. The number of hydrogen-bond donors (Lipinski definition) is 1. The third kappa shape index (κ3) is 2.05. The molecule has 1 aromatic heterocycles. The van der Waals surface area contributed by atoms with Gasteiger partial charge in [-0.2, -0.15) is 0 Å². The van der Waals surface area contributed by atoms with E-state index < -0.39 is 0 Å². The Hall–Kier alpha value is -1.09. The number of nitrogens with zero attached hydrogens (tertiary/aromatic N) is 2.